The van der Waals surface area contributed by atoms with Crippen molar-refractivity contribution in [2.24, 2.45) is 5.10 Å². The first-order chi connectivity index (χ1) is 9.45. The SMILES string of the molecule is CCOC(=O)CC(C)=NNC(=O)c1nc[nH]c1[N+](=O)[O-]. The van der Waals surface area contributed by atoms with Crippen molar-refractivity contribution in [3.05, 3.63) is 22.1 Å². The number of carbonyl (C=O) groups excluding carboxylic acids is 2. The highest BCUT2D eigenvalue weighted by atomic mass is 16.6. The molecule has 1 amide bonds. The van der Waals surface area contributed by atoms with E-state index in [1.165, 1.54) is 6.92 Å². The Hall–Kier alpha value is -2.78. The molecule has 1 aromatic rings. The molecular formula is C10H13N5O5. The Morgan fingerprint density at radius 1 is 1.60 bits per heavy atom. The van der Waals surface area contributed by atoms with Crippen molar-refractivity contribution in [2.75, 3.05) is 6.61 Å². The summed E-state index contributed by atoms with van der Waals surface area (Å²) in [5, 5.41) is 14.2. The maximum atomic E-state index is 11.6. The van der Waals surface area contributed by atoms with Crippen LogP contribution < -0.4 is 5.43 Å². The van der Waals surface area contributed by atoms with Crippen LogP contribution in [0.1, 0.15) is 30.8 Å². The van der Waals surface area contributed by atoms with E-state index >= 15 is 0 Å². The number of carbonyl (C=O) groups is 2. The normalized spacial score (nSPS) is 11.0. The lowest BCUT2D eigenvalue weighted by Crippen LogP contribution is -2.21. The monoisotopic (exact) mass is 283 g/mol. The molecule has 0 saturated carbocycles. The van der Waals surface area contributed by atoms with E-state index in [2.05, 4.69) is 20.5 Å². The van der Waals surface area contributed by atoms with E-state index in [-0.39, 0.29) is 18.7 Å². The number of aromatic amines is 1. The van der Waals surface area contributed by atoms with Crippen molar-refractivity contribution in [3.63, 3.8) is 0 Å². The van der Waals surface area contributed by atoms with E-state index in [1.54, 1.807) is 6.92 Å². The largest absolute Gasteiger partial charge is 0.466 e. The van der Waals surface area contributed by atoms with Gasteiger partial charge in [0.1, 0.15) is 0 Å². The molecule has 20 heavy (non-hydrogen) atoms. The molecule has 0 spiro atoms. The number of ether oxygens (including phenoxy) is 1. The smallest absolute Gasteiger partial charge is 0.353 e. The molecular weight excluding hydrogens is 270 g/mol. The number of nitrogens with zero attached hydrogens (tertiary/aromatic N) is 3. The van der Waals surface area contributed by atoms with Gasteiger partial charge in [-0.3, -0.25) is 9.59 Å². The van der Waals surface area contributed by atoms with Crippen LogP contribution >= 0.6 is 0 Å². The second-order valence-corrected chi connectivity index (χ2v) is 3.63. The summed E-state index contributed by atoms with van der Waals surface area (Å²) in [4.78, 5) is 38.4. The van der Waals surface area contributed by atoms with Crippen molar-refractivity contribution in [1.82, 2.24) is 15.4 Å². The quantitative estimate of drug-likeness (QED) is 0.334. The van der Waals surface area contributed by atoms with Gasteiger partial charge in [-0.05, 0) is 18.8 Å². The Balaban J connectivity index is 2.64. The molecule has 0 aliphatic rings. The number of hydrogen-bond donors (Lipinski definition) is 2. The van der Waals surface area contributed by atoms with E-state index in [4.69, 9.17) is 4.74 Å². The third-order valence-corrected chi connectivity index (χ3v) is 2.07. The molecule has 0 aliphatic carbocycles. The lowest BCUT2D eigenvalue weighted by molar-refractivity contribution is -0.389. The fraction of sp³-hybridized carbons (Fsp3) is 0.400. The molecule has 0 aliphatic heterocycles. The summed E-state index contributed by atoms with van der Waals surface area (Å²) in [6, 6.07) is 0. The van der Waals surface area contributed by atoms with Gasteiger partial charge < -0.3 is 14.9 Å². The van der Waals surface area contributed by atoms with Crippen molar-refractivity contribution in [1.29, 1.82) is 0 Å². The van der Waals surface area contributed by atoms with Crippen molar-refractivity contribution in [2.45, 2.75) is 20.3 Å². The summed E-state index contributed by atoms with van der Waals surface area (Å²) in [6.07, 6.45) is 0.943. The Morgan fingerprint density at radius 2 is 2.30 bits per heavy atom. The van der Waals surface area contributed by atoms with Gasteiger partial charge >= 0.3 is 11.8 Å². The van der Waals surface area contributed by atoms with Crippen LogP contribution in [0.5, 0.6) is 0 Å². The van der Waals surface area contributed by atoms with Crippen LogP contribution in [-0.4, -0.2) is 39.1 Å². The van der Waals surface area contributed by atoms with Gasteiger partial charge in [0, 0.05) is 5.71 Å². The van der Waals surface area contributed by atoms with Gasteiger partial charge in [-0.25, -0.2) is 15.4 Å². The minimum absolute atomic E-state index is 0.0865. The molecule has 0 bridgehead atoms. The van der Waals surface area contributed by atoms with Crippen molar-refractivity contribution < 1.29 is 19.2 Å². The van der Waals surface area contributed by atoms with Crippen LogP contribution in [0.2, 0.25) is 0 Å². The van der Waals surface area contributed by atoms with Crippen LogP contribution in [-0.2, 0) is 9.53 Å². The number of imidazole rings is 1. The summed E-state index contributed by atoms with van der Waals surface area (Å²) in [6.45, 7) is 3.43. The summed E-state index contributed by atoms with van der Waals surface area (Å²) >= 11 is 0. The first-order valence-corrected chi connectivity index (χ1v) is 5.62. The molecule has 0 saturated heterocycles. The van der Waals surface area contributed by atoms with E-state index in [9.17, 15) is 19.7 Å². The van der Waals surface area contributed by atoms with E-state index in [0.717, 1.165) is 6.33 Å². The van der Waals surface area contributed by atoms with Crippen molar-refractivity contribution in [3.8, 4) is 0 Å². The minimum atomic E-state index is -0.846. The van der Waals surface area contributed by atoms with Gasteiger partial charge in [0.2, 0.25) is 5.69 Å². The number of rotatable bonds is 6. The lowest BCUT2D eigenvalue weighted by Gasteiger charge is -2.02. The number of hydrazone groups is 1. The third kappa shape index (κ3) is 4.15. The van der Waals surface area contributed by atoms with Gasteiger partial charge in [-0.2, -0.15) is 5.10 Å². The average Bonchev–Trinajstić information content (AvgIpc) is 2.85. The van der Waals surface area contributed by atoms with Gasteiger partial charge in [-0.1, -0.05) is 0 Å². The minimum Gasteiger partial charge on any atom is -0.466 e. The fourth-order valence-electron chi connectivity index (χ4n) is 1.25. The Morgan fingerprint density at radius 3 is 2.90 bits per heavy atom. The molecule has 1 rings (SSSR count). The molecule has 0 aromatic carbocycles. The van der Waals surface area contributed by atoms with Crippen LogP contribution in [0.25, 0.3) is 0 Å². The average molecular weight is 283 g/mol. The third-order valence-electron chi connectivity index (χ3n) is 2.07. The number of H-pyrrole nitrogens is 1. The molecule has 10 nitrogen and oxygen atoms in total. The topological polar surface area (TPSA) is 140 Å². The molecule has 0 atom stereocenters. The van der Waals surface area contributed by atoms with Crippen LogP contribution in [0.15, 0.2) is 11.4 Å². The predicted octanol–water partition coefficient (Wildman–Crippen LogP) is 0.377. The van der Waals surface area contributed by atoms with E-state index in [1.807, 2.05) is 0 Å². The fourth-order valence-corrected chi connectivity index (χ4v) is 1.25. The summed E-state index contributed by atoms with van der Waals surface area (Å²) in [7, 11) is 0. The Bertz CT molecular complexity index is 550. The molecule has 10 heteroatoms. The molecule has 0 radical (unpaired) electrons. The van der Waals surface area contributed by atoms with E-state index < -0.39 is 22.6 Å². The maximum Gasteiger partial charge on any atom is 0.353 e. The molecule has 1 aromatic heterocycles. The number of nitro groups is 1. The second kappa shape index (κ2) is 6.97. The Labute approximate surface area is 113 Å². The first-order valence-electron chi connectivity index (χ1n) is 5.62. The summed E-state index contributed by atoms with van der Waals surface area (Å²) < 4.78 is 4.70. The number of nitrogens with one attached hydrogen (secondary N) is 2. The maximum absolute atomic E-state index is 11.6. The zero-order valence-corrected chi connectivity index (χ0v) is 10.9. The second-order valence-electron chi connectivity index (χ2n) is 3.63. The highest BCUT2D eigenvalue weighted by molar-refractivity contribution is 6.00. The van der Waals surface area contributed by atoms with Crippen molar-refractivity contribution >= 4 is 23.4 Å². The van der Waals surface area contributed by atoms with Crippen LogP contribution in [0, 0.1) is 10.1 Å². The number of esters is 1. The molecule has 0 unspecified atom stereocenters. The highest BCUT2D eigenvalue weighted by Crippen LogP contribution is 2.11. The highest BCUT2D eigenvalue weighted by Gasteiger charge is 2.22. The van der Waals surface area contributed by atoms with Gasteiger partial charge in [0.15, 0.2) is 6.33 Å². The first kappa shape index (κ1) is 15.3. The van der Waals surface area contributed by atoms with Gasteiger partial charge in [0.25, 0.3) is 5.91 Å². The van der Waals surface area contributed by atoms with Crippen LogP contribution in [0.3, 0.4) is 0 Å². The van der Waals surface area contributed by atoms with Crippen LogP contribution in [0.4, 0.5) is 5.82 Å². The predicted molar refractivity (Wildman–Crippen MR) is 67.1 cm³/mol. The van der Waals surface area contributed by atoms with E-state index in [0.29, 0.717) is 5.71 Å². The molecule has 108 valence electrons. The number of amides is 1. The standard InChI is InChI=1S/C10H13N5O5/c1-3-20-7(16)4-6(2)13-14-10(17)8-9(15(18)19)12-5-11-8/h5H,3-4H2,1-2H3,(H,11,12)(H,14,17). The summed E-state index contributed by atoms with van der Waals surface area (Å²) in [5.74, 6) is -1.85. The zero-order chi connectivity index (χ0) is 15.1. The Kier molecular flexibility index (Phi) is 5.32. The summed E-state index contributed by atoms with van der Waals surface area (Å²) in [5.41, 5.74) is 2.00. The number of hydrogen-bond acceptors (Lipinski definition) is 7. The molecule has 0 fully saturated rings. The number of aromatic nitrogens is 2. The zero-order valence-electron chi connectivity index (χ0n) is 10.9. The van der Waals surface area contributed by atoms with Gasteiger partial charge in [-0.15, -0.1) is 0 Å². The molecule has 2 N–H and O–H groups in total. The lowest BCUT2D eigenvalue weighted by atomic mass is 10.3. The van der Waals surface area contributed by atoms with Gasteiger partial charge in [0.05, 0.1) is 13.0 Å². The molecule has 1 heterocycles.